The first-order valence-corrected chi connectivity index (χ1v) is 16.3. The third-order valence-electron chi connectivity index (χ3n) is 7.61. The summed E-state index contributed by atoms with van der Waals surface area (Å²) < 4.78 is 72.7. The maximum absolute atomic E-state index is 15.0. The average molecular weight is 705 g/mol. The maximum Gasteiger partial charge on any atom is 0.346 e. The van der Waals surface area contributed by atoms with E-state index in [1.165, 1.54) is 36.4 Å². The smallest absolute Gasteiger partial charge is 0.346 e. The Labute approximate surface area is 291 Å². The Kier molecular flexibility index (Phi) is 11.8. The van der Waals surface area contributed by atoms with Crippen LogP contribution in [0.3, 0.4) is 0 Å². The molecule has 2 aliphatic rings. The van der Waals surface area contributed by atoms with Crippen molar-refractivity contribution in [3.8, 4) is 23.0 Å². The van der Waals surface area contributed by atoms with Gasteiger partial charge in [0.25, 0.3) is 0 Å². The van der Waals surface area contributed by atoms with Crippen molar-refractivity contribution >= 4 is 17.9 Å². The van der Waals surface area contributed by atoms with Crippen LogP contribution in [0.2, 0.25) is 0 Å². The van der Waals surface area contributed by atoms with Gasteiger partial charge in [-0.1, -0.05) is 30.3 Å². The van der Waals surface area contributed by atoms with Crippen molar-refractivity contribution in [2.24, 2.45) is 0 Å². The van der Waals surface area contributed by atoms with Gasteiger partial charge in [0.2, 0.25) is 0 Å². The van der Waals surface area contributed by atoms with Gasteiger partial charge in [-0.3, -0.25) is 0 Å². The lowest BCUT2D eigenvalue weighted by molar-refractivity contribution is 0.0465. The van der Waals surface area contributed by atoms with Crippen molar-refractivity contribution in [3.63, 3.8) is 0 Å². The van der Waals surface area contributed by atoms with Gasteiger partial charge in [0.1, 0.15) is 65.6 Å². The van der Waals surface area contributed by atoms with Crippen LogP contribution in [-0.4, -0.2) is 69.8 Å². The van der Waals surface area contributed by atoms with Crippen LogP contribution in [0.1, 0.15) is 49.5 Å². The van der Waals surface area contributed by atoms with Crippen LogP contribution < -0.4 is 18.9 Å². The number of halogens is 2. The summed E-state index contributed by atoms with van der Waals surface area (Å²) in [7, 11) is 0. The fourth-order valence-electron chi connectivity index (χ4n) is 4.67. The van der Waals surface area contributed by atoms with Crippen LogP contribution in [0.25, 0.3) is 0 Å². The van der Waals surface area contributed by atoms with Crippen LogP contribution in [0.4, 0.5) is 8.78 Å². The van der Waals surface area contributed by atoms with Crippen LogP contribution in [0.5, 0.6) is 23.0 Å². The number of rotatable bonds is 18. The van der Waals surface area contributed by atoms with Gasteiger partial charge in [0.05, 0.1) is 37.6 Å². The monoisotopic (exact) mass is 704 g/mol. The van der Waals surface area contributed by atoms with Gasteiger partial charge in [-0.05, 0) is 60.9 Å². The highest BCUT2D eigenvalue weighted by Crippen LogP contribution is 2.29. The van der Waals surface area contributed by atoms with E-state index >= 15 is 4.39 Å². The first-order chi connectivity index (χ1) is 24.8. The van der Waals surface area contributed by atoms with Gasteiger partial charge in [0.15, 0.2) is 0 Å². The molecule has 51 heavy (non-hydrogen) atoms. The topological polar surface area (TPSA) is 132 Å². The van der Waals surface area contributed by atoms with E-state index in [4.69, 9.17) is 37.9 Å². The Hall–Kier alpha value is -5.37. The number of epoxide rings is 2. The molecule has 0 aliphatic carbocycles. The number of benzene rings is 4. The molecule has 266 valence electrons. The summed E-state index contributed by atoms with van der Waals surface area (Å²) in [6, 6.07) is 19.7. The molecule has 0 saturated carbocycles. The Bertz CT molecular complexity index is 1840. The molecule has 2 atom stereocenters. The molecule has 2 fully saturated rings. The van der Waals surface area contributed by atoms with Crippen LogP contribution >= 0.6 is 0 Å². The molecular weight excluding hydrogens is 670 g/mol. The average Bonchev–Trinajstić information content (AvgIpc) is 4.07. The van der Waals surface area contributed by atoms with Gasteiger partial charge in [-0.25, -0.2) is 23.2 Å². The highest BCUT2D eigenvalue weighted by atomic mass is 19.1. The first kappa shape index (κ1) is 35.5. The number of carbonyl (C=O) groups is 3. The van der Waals surface area contributed by atoms with E-state index in [-0.39, 0.29) is 59.5 Å². The predicted molar refractivity (Wildman–Crippen MR) is 175 cm³/mol. The van der Waals surface area contributed by atoms with Crippen molar-refractivity contribution in [3.05, 3.63) is 119 Å². The normalized spacial score (nSPS) is 15.8. The van der Waals surface area contributed by atoms with E-state index in [0.29, 0.717) is 38.4 Å². The summed E-state index contributed by atoms with van der Waals surface area (Å²) in [5, 5.41) is 0. The number of hydrogen-bond acceptors (Lipinski definition) is 11. The van der Waals surface area contributed by atoms with Gasteiger partial charge >= 0.3 is 17.9 Å². The van der Waals surface area contributed by atoms with E-state index in [9.17, 15) is 18.8 Å². The fourth-order valence-corrected chi connectivity index (χ4v) is 4.67. The van der Waals surface area contributed by atoms with E-state index in [1.807, 2.05) is 0 Å². The van der Waals surface area contributed by atoms with Crippen molar-refractivity contribution in [1.29, 1.82) is 0 Å². The first-order valence-electron chi connectivity index (χ1n) is 16.3. The Morgan fingerprint density at radius 1 is 0.627 bits per heavy atom. The molecule has 2 aliphatic heterocycles. The second-order valence-corrected chi connectivity index (χ2v) is 11.6. The van der Waals surface area contributed by atoms with Crippen molar-refractivity contribution in [2.75, 3.05) is 39.6 Å². The lowest BCUT2D eigenvalue weighted by Crippen LogP contribution is -2.16. The highest BCUT2D eigenvalue weighted by Gasteiger charge is 2.25. The Balaban J connectivity index is 1.11. The molecule has 6 rings (SSSR count). The third-order valence-corrected chi connectivity index (χ3v) is 7.61. The van der Waals surface area contributed by atoms with E-state index in [1.54, 1.807) is 30.3 Å². The molecule has 0 amide bonds. The summed E-state index contributed by atoms with van der Waals surface area (Å²) >= 11 is 0. The summed E-state index contributed by atoms with van der Waals surface area (Å²) in [5.41, 5.74) is -0.416. The van der Waals surface area contributed by atoms with E-state index < -0.39 is 35.1 Å². The molecule has 13 heteroatoms. The van der Waals surface area contributed by atoms with Gasteiger partial charge in [-0.2, -0.15) is 0 Å². The minimum absolute atomic E-state index is 0.0354. The third kappa shape index (κ3) is 10.6. The molecule has 0 spiro atoms. The minimum atomic E-state index is -1.10. The summed E-state index contributed by atoms with van der Waals surface area (Å²) in [4.78, 5) is 39.2. The SMILES string of the molecule is O=C(Oc1ccc(OC(=O)c2ccc(OCCCCOCC3CO3)cc2F)c(C(=O)OCc2ccccc2)c1)c1ccc(OCC2CO2)cc1F. The molecule has 0 bridgehead atoms. The quantitative estimate of drug-likeness (QED) is 0.0514. The van der Waals surface area contributed by atoms with Gasteiger partial charge in [-0.15, -0.1) is 0 Å². The highest BCUT2D eigenvalue weighted by molar-refractivity contribution is 5.97. The summed E-state index contributed by atoms with van der Waals surface area (Å²) in [6.45, 7) is 2.89. The molecule has 0 aromatic heterocycles. The largest absolute Gasteiger partial charge is 0.493 e. The standard InChI is InChI=1S/C38H34F2O11/c39-33-17-25(45-15-5-4-14-44-20-28-21-47-28)8-11-31(33)38(43)51-35-13-10-27(16-32(35)36(41)49-19-24-6-2-1-3-7-24)50-37(42)30-12-9-26(18-34(30)40)46-22-29-23-48-29/h1-3,6-13,16-18,28-29H,4-5,14-15,19-23H2. The molecule has 2 unspecified atom stereocenters. The van der Waals surface area contributed by atoms with E-state index in [0.717, 1.165) is 31.2 Å². The maximum atomic E-state index is 15.0. The Morgan fingerprint density at radius 2 is 1.24 bits per heavy atom. The van der Waals surface area contributed by atoms with Crippen LogP contribution in [0, 0.1) is 11.6 Å². The summed E-state index contributed by atoms with van der Waals surface area (Å²) in [5.74, 6) is -4.90. The molecular formula is C38H34F2O11. The molecule has 4 aromatic carbocycles. The lowest BCUT2D eigenvalue weighted by atomic mass is 10.1. The Morgan fingerprint density at radius 3 is 1.90 bits per heavy atom. The van der Waals surface area contributed by atoms with Gasteiger partial charge in [0, 0.05) is 18.7 Å². The zero-order valence-electron chi connectivity index (χ0n) is 27.3. The van der Waals surface area contributed by atoms with Crippen molar-refractivity contribution in [2.45, 2.75) is 31.7 Å². The van der Waals surface area contributed by atoms with Crippen molar-refractivity contribution < 1.29 is 61.1 Å². The molecule has 11 nitrogen and oxygen atoms in total. The van der Waals surface area contributed by atoms with Gasteiger partial charge < -0.3 is 37.9 Å². The fraction of sp³-hybridized carbons (Fsp3) is 0.289. The minimum Gasteiger partial charge on any atom is -0.493 e. The summed E-state index contributed by atoms with van der Waals surface area (Å²) in [6.07, 6.45) is 1.60. The lowest BCUT2D eigenvalue weighted by Gasteiger charge is -2.13. The van der Waals surface area contributed by atoms with Crippen molar-refractivity contribution in [1.82, 2.24) is 0 Å². The predicted octanol–water partition coefficient (Wildman–Crippen LogP) is 6.11. The number of unbranched alkanes of at least 4 members (excludes halogenated alkanes) is 1. The number of hydrogen-bond donors (Lipinski definition) is 0. The second-order valence-electron chi connectivity index (χ2n) is 11.6. The number of ether oxygens (including phenoxy) is 8. The second kappa shape index (κ2) is 17.0. The number of esters is 3. The zero-order valence-corrected chi connectivity index (χ0v) is 27.3. The van der Waals surface area contributed by atoms with E-state index in [2.05, 4.69) is 0 Å². The molecule has 0 N–H and O–H groups in total. The number of carbonyl (C=O) groups excluding carboxylic acids is 3. The molecule has 2 heterocycles. The molecule has 0 radical (unpaired) electrons. The molecule has 4 aromatic rings. The zero-order chi connectivity index (χ0) is 35.6. The van der Waals surface area contributed by atoms with Crippen LogP contribution in [-0.2, 0) is 25.6 Å². The van der Waals surface area contributed by atoms with Crippen LogP contribution in [0.15, 0.2) is 84.9 Å². The molecule has 2 saturated heterocycles.